The number of hydrogen-bond donors (Lipinski definition) is 2. The van der Waals surface area contributed by atoms with Gasteiger partial charge >= 0.3 is 6.09 Å². The Balaban J connectivity index is 1.93. The number of amides is 1. The van der Waals surface area contributed by atoms with Gasteiger partial charge in [0, 0.05) is 16.6 Å². The topological polar surface area (TPSA) is 58.6 Å². The highest BCUT2D eigenvalue weighted by Crippen LogP contribution is 2.26. The van der Waals surface area contributed by atoms with Crippen LogP contribution in [-0.4, -0.2) is 23.3 Å². The number of nitrogens with one attached hydrogen (secondary N) is 1. The number of rotatable bonds is 4. The molecule has 98 valence electrons. The lowest BCUT2D eigenvalue weighted by molar-refractivity contribution is 0.0118. The zero-order valence-electron chi connectivity index (χ0n) is 10.1. The molecule has 1 saturated carbocycles. The number of halogens is 1. The summed E-state index contributed by atoms with van der Waals surface area (Å²) in [7, 11) is 0. The van der Waals surface area contributed by atoms with Gasteiger partial charge in [0.05, 0.1) is 0 Å². The maximum atomic E-state index is 11.4. The number of benzene rings is 1. The molecule has 0 heterocycles. The summed E-state index contributed by atoms with van der Waals surface area (Å²) in [6.07, 6.45) is -0.0731. The van der Waals surface area contributed by atoms with E-state index in [0.717, 1.165) is 12.8 Å². The number of carbonyl (C=O) groups is 1. The molecule has 1 amide bonds. The van der Waals surface area contributed by atoms with Crippen molar-refractivity contribution < 1.29 is 14.6 Å². The largest absolute Gasteiger partial charge is 0.443 e. The van der Waals surface area contributed by atoms with E-state index in [1.165, 1.54) is 0 Å². The molecule has 1 aliphatic carbocycles. The summed E-state index contributed by atoms with van der Waals surface area (Å²) in [5, 5.41) is 13.2. The van der Waals surface area contributed by atoms with Crippen LogP contribution in [0.15, 0.2) is 24.3 Å². The molecule has 0 spiro atoms. The van der Waals surface area contributed by atoms with Crippen molar-refractivity contribution in [3.8, 4) is 0 Å². The predicted octanol–water partition coefficient (Wildman–Crippen LogP) is 2.65. The van der Waals surface area contributed by atoms with E-state index in [0.29, 0.717) is 10.6 Å². The molecule has 2 rings (SSSR count). The first-order valence-electron chi connectivity index (χ1n) is 5.97. The Bertz CT molecular complexity index is 434. The van der Waals surface area contributed by atoms with Crippen LogP contribution < -0.4 is 5.32 Å². The van der Waals surface area contributed by atoms with Crippen LogP contribution in [-0.2, 0) is 4.74 Å². The quantitative estimate of drug-likeness (QED) is 0.883. The zero-order chi connectivity index (χ0) is 13.1. The van der Waals surface area contributed by atoms with Crippen molar-refractivity contribution in [2.45, 2.75) is 38.0 Å². The molecule has 0 bridgehead atoms. The molecule has 0 saturated heterocycles. The van der Waals surface area contributed by atoms with Crippen LogP contribution in [0, 0.1) is 0 Å². The van der Waals surface area contributed by atoms with Gasteiger partial charge in [-0.3, -0.25) is 0 Å². The zero-order valence-corrected chi connectivity index (χ0v) is 10.9. The van der Waals surface area contributed by atoms with E-state index in [2.05, 4.69) is 5.32 Å². The fourth-order valence-corrected chi connectivity index (χ4v) is 1.88. The van der Waals surface area contributed by atoms with E-state index in [4.69, 9.17) is 16.3 Å². The first-order chi connectivity index (χ1) is 8.58. The van der Waals surface area contributed by atoms with Crippen molar-refractivity contribution in [1.82, 2.24) is 5.32 Å². The van der Waals surface area contributed by atoms with Crippen LogP contribution in [0.5, 0.6) is 0 Å². The summed E-state index contributed by atoms with van der Waals surface area (Å²) in [6.45, 7) is 1.64. The molecule has 1 aliphatic rings. The van der Waals surface area contributed by atoms with Gasteiger partial charge in [0.2, 0.25) is 0 Å². The number of aliphatic hydroxyl groups excluding tert-OH is 1. The van der Waals surface area contributed by atoms with E-state index >= 15 is 0 Å². The molecule has 0 aromatic heterocycles. The predicted molar refractivity (Wildman–Crippen MR) is 68.5 cm³/mol. The third-order valence-corrected chi connectivity index (χ3v) is 3.20. The fraction of sp³-hybridized carbons (Fsp3) is 0.462. The van der Waals surface area contributed by atoms with E-state index in [1.54, 1.807) is 31.2 Å². The van der Waals surface area contributed by atoms with Crippen molar-refractivity contribution in [3.05, 3.63) is 34.9 Å². The highest BCUT2D eigenvalue weighted by Gasteiger charge is 2.27. The maximum Gasteiger partial charge on any atom is 0.407 e. The molecule has 5 heteroatoms. The first kappa shape index (κ1) is 13.2. The van der Waals surface area contributed by atoms with Gasteiger partial charge in [0.1, 0.15) is 12.2 Å². The number of carbonyl (C=O) groups excluding carboxylic acids is 1. The van der Waals surface area contributed by atoms with Crippen molar-refractivity contribution in [2.24, 2.45) is 0 Å². The highest BCUT2D eigenvalue weighted by atomic mass is 35.5. The Labute approximate surface area is 111 Å². The van der Waals surface area contributed by atoms with E-state index in [1.807, 2.05) is 0 Å². The van der Waals surface area contributed by atoms with E-state index in [-0.39, 0.29) is 6.04 Å². The van der Waals surface area contributed by atoms with Gasteiger partial charge in [-0.2, -0.15) is 0 Å². The standard InChI is InChI=1S/C13H16ClNO3/c1-8(18-13(17)15-9-6-7-9)12(16)10-4-2-3-5-11(10)14/h2-5,8-9,12,16H,6-7H2,1H3,(H,15,17)/t8?,12-/m1/s1. The smallest absolute Gasteiger partial charge is 0.407 e. The fourth-order valence-electron chi connectivity index (χ4n) is 1.63. The van der Waals surface area contributed by atoms with Crippen molar-refractivity contribution in [3.63, 3.8) is 0 Å². The first-order valence-corrected chi connectivity index (χ1v) is 6.35. The van der Waals surface area contributed by atoms with Gasteiger partial charge in [0.25, 0.3) is 0 Å². The number of hydrogen-bond acceptors (Lipinski definition) is 3. The second kappa shape index (κ2) is 5.59. The molecule has 1 aromatic carbocycles. The van der Waals surface area contributed by atoms with Crippen molar-refractivity contribution in [1.29, 1.82) is 0 Å². The molecule has 1 aromatic rings. The summed E-state index contributed by atoms with van der Waals surface area (Å²) < 4.78 is 5.11. The molecule has 0 aliphatic heterocycles. The molecule has 4 nitrogen and oxygen atoms in total. The number of ether oxygens (including phenoxy) is 1. The normalized spacial score (nSPS) is 17.9. The van der Waals surface area contributed by atoms with Crippen LogP contribution in [0.3, 0.4) is 0 Å². The maximum absolute atomic E-state index is 11.4. The Morgan fingerprint density at radius 1 is 1.50 bits per heavy atom. The summed E-state index contributed by atoms with van der Waals surface area (Å²) in [6, 6.07) is 7.20. The minimum absolute atomic E-state index is 0.238. The van der Waals surface area contributed by atoms with Gasteiger partial charge in [-0.25, -0.2) is 4.79 Å². The van der Waals surface area contributed by atoms with Gasteiger partial charge < -0.3 is 15.2 Å². The average molecular weight is 270 g/mol. The molecular weight excluding hydrogens is 254 g/mol. The molecule has 1 fully saturated rings. The molecule has 2 atom stereocenters. The highest BCUT2D eigenvalue weighted by molar-refractivity contribution is 6.31. The molecule has 0 radical (unpaired) electrons. The van der Waals surface area contributed by atoms with Gasteiger partial charge in [0.15, 0.2) is 0 Å². The number of aliphatic hydroxyl groups is 1. The minimum atomic E-state index is -0.927. The Morgan fingerprint density at radius 3 is 2.78 bits per heavy atom. The lowest BCUT2D eigenvalue weighted by atomic mass is 10.1. The monoisotopic (exact) mass is 269 g/mol. The summed E-state index contributed by atoms with van der Waals surface area (Å²) in [4.78, 5) is 11.4. The third-order valence-electron chi connectivity index (χ3n) is 2.86. The van der Waals surface area contributed by atoms with Crippen LogP contribution in [0.4, 0.5) is 4.79 Å². The van der Waals surface area contributed by atoms with Gasteiger partial charge in [-0.15, -0.1) is 0 Å². The Morgan fingerprint density at radius 2 is 2.17 bits per heavy atom. The SMILES string of the molecule is CC(OC(=O)NC1CC1)[C@@H](O)c1ccccc1Cl. The van der Waals surface area contributed by atoms with E-state index < -0.39 is 18.3 Å². The average Bonchev–Trinajstić information content (AvgIpc) is 3.12. The molecular formula is C13H16ClNO3. The number of alkyl carbamates (subject to hydrolysis) is 1. The summed E-state index contributed by atoms with van der Waals surface area (Å²) in [5.41, 5.74) is 0.561. The molecule has 2 N–H and O–H groups in total. The lowest BCUT2D eigenvalue weighted by Crippen LogP contribution is -2.32. The van der Waals surface area contributed by atoms with Crippen molar-refractivity contribution >= 4 is 17.7 Å². The summed E-state index contributed by atoms with van der Waals surface area (Å²) >= 11 is 5.98. The second-order valence-electron chi connectivity index (χ2n) is 4.50. The third kappa shape index (κ3) is 3.37. The van der Waals surface area contributed by atoms with Gasteiger partial charge in [-0.05, 0) is 25.8 Å². The van der Waals surface area contributed by atoms with Crippen molar-refractivity contribution in [2.75, 3.05) is 0 Å². The van der Waals surface area contributed by atoms with Crippen LogP contribution in [0.2, 0.25) is 5.02 Å². The van der Waals surface area contributed by atoms with Gasteiger partial charge in [-0.1, -0.05) is 29.8 Å². The molecule has 1 unspecified atom stereocenters. The van der Waals surface area contributed by atoms with E-state index in [9.17, 15) is 9.90 Å². The Hall–Kier alpha value is -1.26. The molecule has 18 heavy (non-hydrogen) atoms. The second-order valence-corrected chi connectivity index (χ2v) is 4.90. The van der Waals surface area contributed by atoms with Crippen LogP contribution in [0.25, 0.3) is 0 Å². The van der Waals surface area contributed by atoms with Crippen LogP contribution in [0.1, 0.15) is 31.4 Å². The minimum Gasteiger partial charge on any atom is -0.443 e. The van der Waals surface area contributed by atoms with Crippen LogP contribution >= 0.6 is 11.6 Å². The summed E-state index contributed by atoms with van der Waals surface area (Å²) in [5.74, 6) is 0. The lowest BCUT2D eigenvalue weighted by Gasteiger charge is -2.20. The Kier molecular flexibility index (Phi) is 4.09.